The molecule has 0 spiro atoms. The Labute approximate surface area is 132 Å². The van der Waals surface area contributed by atoms with E-state index < -0.39 is 5.97 Å². The van der Waals surface area contributed by atoms with Crippen molar-refractivity contribution in [2.45, 2.75) is 52.5 Å². The number of Topliss-reactive ketones (excluding diaryl/α,β-unsaturated/α-hetero) is 1. The largest absolute Gasteiger partial charge is 0.466 e. The number of likely N-dealkylation sites (tertiary alicyclic amines) is 1. The number of piperidine rings is 1. The second kappa shape index (κ2) is 8.76. The van der Waals surface area contributed by atoms with Gasteiger partial charge in [-0.3, -0.25) is 9.59 Å². The Morgan fingerprint density at radius 1 is 1.27 bits per heavy atom. The van der Waals surface area contributed by atoms with Gasteiger partial charge in [-0.25, -0.2) is 4.79 Å². The third kappa shape index (κ3) is 5.31. The van der Waals surface area contributed by atoms with Crippen molar-refractivity contribution in [3.8, 4) is 0 Å². The summed E-state index contributed by atoms with van der Waals surface area (Å²) in [6, 6.07) is -0.0163. The second-order valence-corrected chi connectivity index (χ2v) is 6.12. The van der Waals surface area contributed by atoms with Crippen LogP contribution >= 0.6 is 0 Å². The third-order valence-electron chi connectivity index (χ3n) is 3.95. The number of ether oxygens (including phenoxy) is 2. The molecule has 126 valence electrons. The third-order valence-corrected chi connectivity index (χ3v) is 3.95. The number of esters is 1. The number of ketones is 1. The Bertz CT molecular complexity index is 407. The van der Waals surface area contributed by atoms with Crippen molar-refractivity contribution >= 4 is 17.8 Å². The first-order chi connectivity index (χ1) is 10.4. The molecule has 22 heavy (non-hydrogen) atoms. The summed E-state index contributed by atoms with van der Waals surface area (Å²) < 4.78 is 9.65. The fraction of sp³-hybridized carbons (Fsp3) is 0.812. The van der Waals surface area contributed by atoms with E-state index in [4.69, 9.17) is 9.47 Å². The maximum atomic E-state index is 12.2. The van der Waals surface area contributed by atoms with Crippen LogP contribution in [-0.4, -0.2) is 49.0 Å². The van der Waals surface area contributed by atoms with Crippen molar-refractivity contribution in [2.24, 2.45) is 11.8 Å². The minimum Gasteiger partial charge on any atom is -0.466 e. The van der Waals surface area contributed by atoms with Crippen LogP contribution in [0, 0.1) is 11.8 Å². The van der Waals surface area contributed by atoms with Gasteiger partial charge in [0.1, 0.15) is 12.2 Å². The number of amides is 1. The van der Waals surface area contributed by atoms with Crippen molar-refractivity contribution in [1.82, 2.24) is 4.90 Å². The van der Waals surface area contributed by atoms with E-state index >= 15 is 0 Å². The van der Waals surface area contributed by atoms with Crippen LogP contribution in [0.15, 0.2) is 0 Å². The van der Waals surface area contributed by atoms with Crippen molar-refractivity contribution in [1.29, 1.82) is 0 Å². The normalized spacial score (nSPS) is 21.6. The van der Waals surface area contributed by atoms with Gasteiger partial charge in [0, 0.05) is 18.5 Å². The predicted octanol–water partition coefficient (Wildman–Crippen LogP) is 2.40. The van der Waals surface area contributed by atoms with E-state index in [0.29, 0.717) is 25.3 Å². The Hall–Kier alpha value is -1.59. The van der Waals surface area contributed by atoms with Gasteiger partial charge in [-0.2, -0.15) is 0 Å². The quantitative estimate of drug-likeness (QED) is 0.556. The number of rotatable bonds is 6. The summed E-state index contributed by atoms with van der Waals surface area (Å²) in [6.45, 7) is 6.65. The Morgan fingerprint density at radius 3 is 2.50 bits per heavy atom. The van der Waals surface area contributed by atoms with E-state index in [1.54, 1.807) is 11.8 Å². The molecule has 0 aromatic carbocycles. The number of carbonyl (C=O) groups excluding carboxylic acids is 3. The molecule has 2 atom stereocenters. The first-order valence-electron chi connectivity index (χ1n) is 7.91. The van der Waals surface area contributed by atoms with Crippen molar-refractivity contribution < 1.29 is 23.9 Å². The molecule has 1 heterocycles. The molecule has 6 heteroatoms. The molecule has 0 aromatic heterocycles. The molecule has 1 saturated heterocycles. The lowest BCUT2D eigenvalue weighted by Crippen LogP contribution is -2.48. The molecule has 1 rings (SSSR count). The van der Waals surface area contributed by atoms with Crippen LogP contribution in [0.4, 0.5) is 4.79 Å². The SMILES string of the molecule is CCOC(=O)CC(=O)[C@@H]1CCN(C(=O)OC)[C@@H](CC(C)C)C1. The van der Waals surface area contributed by atoms with Gasteiger partial charge in [-0.05, 0) is 32.1 Å². The smallest absolute Gasteiger partial charge is 0.409 e. The zero-order chi connectivity index (χ0) is 16.7. The standard InChI is InChI=1S/C16H27NO5/c1-5-22-15(19)10-14(18)12-6-7-17(16(20)21-4)13(9-12)8-11(2)3/h11-13H,5-10H2,1-4H3/t12-,13+/m1/s1. The molecule has 0 aliphatic carbocycles. The van der Waals surface area contributed by atoms with E-state index in [9.17, 15) is 14.4 Å². The lowest BCUT2D eigenvalue weighted by molar-refractivity contribution is -0.146. The maximum Gasteiger partial charge on any atom is 0.409 e. The van der Waals surface area contributed by atoms with Crippen molar-refractivity contribution in [3.05, 3.63) is 0 Å². The van der Waals surface area contributed by atoms with Crippen LogP contribution in [0.3, 0.4) is 0 Å². The topological polar surface area (TPSA) is 72.9 Å². The summed E-state index contributed by atoms with van der Waals surface area (Å²) in [4.78, 5) is 37.2. The van der Waals surface area contributed by atoms with Gasteiger partial charge in [-0.15, -0.1) is 0 Å². The highest BCUT2D eigenvalue weighted by Crippen LogP contribution is 2.29. The predicted molar refractivity (Wildman–Crippen MR) is 81.3 cm³/mol. The lowest BCUT2D eigenvalue weighted by atomic mass is 9.83. The Balaban J connectivity index is 2.68. The molecule has 6 nitrogen and oxygen atoms in total. The Kier molecular flexibility index (Phi) is 7.35. The molecule has 1 fully saturated rings. The van der Waals surface area contributed by atoms with Crippen LogP contribution in [0.5, 0.6) is 0 Å². The molecule has 0 aromatic rings. The number of nitrogens with zero attached hydrogens (tertiary/aromatic N) is 1. The van der Waals surface area contributed by atoms with Gasteiger partial charge in [0.15, 0.2) is 0 Å². The van der Waals surface area contributed by atoms with E-state index in [1.807, 2.05) is 0 Å². The van der Waals surface area contributed by atoms with Gasteiger partial charge in [0.25, 0.3) is 0 Å². The number of hydrogen-bond donors (Lipinski definition) is 0. The summed E-state index contributed by atoms with van der Waals surface area (Å²) in [5.41, 5.74) is 0. The number of hydrogen-bond acceptors (Lipinski definition) is 5. The van der Waals surface area contributed by atoms with Crippen LogP contribution < -0.4 is 0 Å². The van der Waals surface area contributed by atoms with Crippen LogP contribution in [0.1, 0.15) is 46.5 Å². The average Bonchev–Trinajstić information content (AvgIpc) is 2.45. The molecule has 0 radical (unpaired) electrons. The van der Waals surface area contributed by atoms with E-state index in [0.717, 1.165) is 6.42 Å². The highest BCUT2D eigenvalue weighted by Gasteiger charge is 2.35. The first kappa shape index (κ1) is 18.5. The fourth-order valence-electron chi connectivity index (χ4n) is 2.97. The van der Waals surface area contributed by atoms with Crippen LogP contribution in [0.25, 0.3) is 0 Å². The van der Waals surface area contributed by atoms with Gasteiger partial charge in [-0.1, -0.05) is 13.8 Å². The number of carbonyl (C=O) groups is 3. The molecule has 0 saturated carbocycles. The van der Waals surface area contributed by atoms with Crippen LogP contribution in [-0.2, 0) is 19.1 Å². The summed E-state index contributed by atoms with van der Waals surface area (Å²) in [5, 5.41) is 0. The van der Waals surface area contributed by atoms with E-state index in [2.05, 4.69) is 13.8 Å². The summed E-state index contributed by atoms with van der Waals surface area (Å²) >= 11 is 0. The number of methoxy groups -OCH3 is 1. The van der Waals surface area contributed by atoms with Gasteiger partial charge in [0.2, 0.25) is 0 Å². The van der Waals surface area contributed by atoms with Gasteiger partial charge >= 0.3 is 12.1 Å². The van der Waals surface area contributed by atoms with Crippen LogP contribution in [0.2, 0.25) is 0 Å². The second-order valence-electron chi connectivity index (χ2n) is 6.12. The average molecular weight is 313 g/mol. The molecule has 1 aliphatic heterocycles. The lowest BCUT2D eigenvalue weighted by Gasteiger charge is -2.38. The molecular formula is C16H27NO5. The van der Waals surface area contributed by atoms with E-state index in [-0.39, 0.29) is 36.9 Å². The molecule has 1 aliphatic rings. The van der Waals surface area contributed by atoms with Crippen molar-refractivity contribution in [3.63, 3.8) is 0 Å². The van der Waals surface area contributed by atoms with Crippen molar-refractivity contribution in [2.75, 3.05) is 20.3 Å². The highest BCUT2D eigenvalue weighted by molar-refractivity contribution is 5.96. The summed E-state index contributed by atoms with van der Waals surface area (Å²) in [5.74, 6) is -0.329. The molecule has 0 bridgehead atoms. The minimum atomic E-state index is -0.469. The monoisotopic (exact) mass is 313 g/mol. The molecular weight excluding hydrogens is 286 g/mol. The zero-order valence-electron chi connectivity index (χ0n) is 14.0. The molecule has 0 unspecified atom stereocenters. The fourth-order valence-corrected chi connectivity index (χ4v) is 2.97. The van der Waals surface area contributed by atoms with Gasteiger partial charge < -0.3 is 14.4 Å². The zero-order valence-corrected chi connectivity index (χ0v) is 14.0. The van der Waals surface area contributed by atoms with Gasteiger partial charge in [0.05, 0.1) is 13.7 Å². The maximum absolute atomic E-state index is 12.2. The van der Waals surface area contributed by atoms with E-state index in [1.165, 1.54) is 7.11 Å². The molecule has 1 amide bonds. The Morgan fingerprint density at radius 2 is 1.95 bits per heavy atom. The highest BCUT2D eigenvalue weighted by atomic mass is 16.5. The molecule has 0 N–H and O–H groups in total. The summed E-state index contributed by atoms with van der Waals surface area (Å²) in [7, 11) is 1.37. The summed E-state index contributed by atoms with van der Waals surface area (Å²) in [6.07, 6.45) is 1.46. The minimum absolute atomic E-state index is 0.0163. The first-order valence-corrected chi connectivity index (χ1v) is 7.91.